The second kappa shape index (κ2) is 6.65. The minimum Gasteiger partial charge on any atom is -0.279 e. The summed E-state index contributed by atoms with van der Waals surface area (Å²) >= 11 is 0. The van der Waals surface area contributed by atoms with Crippen LogP contribution in [0.15, 0.2) is 53.4 Å². The van der Waals surface area contributed by atoms with Crippen molar-refractivity contribution in [1.82, 2.24) is 9.78 Å². The molecule has 26 heavy (non-hydrogen) atoms. The zero-order valence-corrected chi connectivity index (χ0v) is 15.5. The molecule has 0 aliphatic rings. The maximum atomic E-state index is 12.9. The van der Waals surface area contributed by atoms with Gasteiger partial charge in [0.05, 0.1) is 34.4 Å². The molecule has 0 saturated carbocycles. The molecule has 6 nitrogen and oxygen atoms in total. The second-order valence-electron chi connectivity index (χ2n) is 6.05. The summed E-state index contributed by atoms with van der Waals surface area (Å²) < 4.78 is 29.9. The summed E-state index contributed by atoms with van der Waals surface area (Å²) in [4.78, 5) is 0.139. The molecule has 0 fully saturated rings. The first-order valence-electron chi connectivity index (χ1n) is 7.98. The molecular weight excluding hydrogens is 348 g/mol. The fourth-order valence-electron chi connectivity index (χ4n) is 2.81. The monoisotopic (exact) mass is 366 g/mol. The maximum absolute atomic E-state index is 12.9. The van der Waals surface area contributed by atoms with Crippen molar-refractivity contribution in [3.8, 4) is 11.8 Å². The van der Waals surface area contributed by atoms with Crippen molar-refractivity contribution in [2.75, 3.05) is 4.72 Å². The van der Waals surface area contributed by atoms with Gasteiger partial charge in [0.2, 0.25) is 0 Å². The van der Waals surface area contributed by atoms with Gasteiger partial charge in [-0.1, -0.05) is 23.8 Å². The molecule has 3 aromatic rings. The quantitative estimate of drug-likeness (QED) is 0.766. The van der Waals surface area contributed by atoms with Gasteiger partial charge in [-0.15, -0.1) is 0 Å². The van der Waals surface area contributed by atoms with Gasteiger partial charge < -0.3 is 0 Å². The van der Waals surface area contributed by atoms with Gasteiger partial charge in [0.1, 0.15) is 4.90 Å². The van der Waals surface area contributed by atoms with Crippen LogP contribution in [0, 0.1) is 32.1 Å². The predicted molar refractivity (Wildman–Crippen MR) is 99.7 cm³/mol. The first-order valence-corrected chi connectivity index (χ1v) is 9.46. The fourth-order valence-corrected chi connectivity index (χ4v) is 4.26. The molecule has 0 spiro atoms. The molecule has 0 atom stereocenters. The Morgan fingerprint density at radius 1 is 1.08 bits per heavy atom. The highest BCUT2D eigenvalue weighted by atomic mass is 32.2. The Hall–Kier alpha value is -3.11. The molecule has 7 heteroatoms. The van der Waals surface area contributed by atoms with E-state index in [1.807, 2.05) is 37.3 Å². The Morgan fingerprint density at radius 3 is 2.42 bits per heavy atom. The molecule has 2 aromatic carbocycles. The first kappa shape index (κ1) is 17.7. The summed E-state index contributed by atoms with van der Waals surface area (Å²) in [7, 11) is -3.84. The number of rotatable bonds is 4. The van der Waals surface area contributed by atoms with Crippen LogP contribution in [-0.4, -0.2) is 18.2 Å². The van der Waals surface area contributed by atoms with Crippen molar-refractivity contribution in [2.24, 2.45) is 0 Å². The largest absolute Gasteiger partial charge is 0.279 e. The molecule has 0 radical (unpaired) electrons. The summed E-state index contributed by atoms with van der Waals surface area (Å²) in [6.07, 6.45) is 0. The molecule has 0 saturated heterocycles. The van der Waals surface area contributed by atoms with E-state index in [1.165, 1.54) is 6.07 Å². The Kier molecular flexibility index (Phi) is 4.53. The van der Waals surface area contributed by atoms with Crippen LogP contribution in [0.5, 0.6) is 0 Å². The van der Waals surface area contributed by atoms with Gasteiger partial charge in [0.25, 0.3) is 10.0 Å². The second-order valence-corrected chi connectivity index (χ2v) is 7.66. The van der Waals surface area contributed by atoms with Crippen LogP contribution in [0.25, 0.3) is 5.69 Å². The molecule has 3 rings (SSSR count). The van der Waals surface area contributed by atoms with Gasteiger partial charge in [0.15, 0.2) is 0 Å². The summed E-state index contributed by atoms with van der Waals surface area (Å²) in [5, 5.41) is 13.4. The van der Waals surface area contributed by atoms with Crippen LogP contribution >= 0.6 is 0 Å². The van der Waals surface area contributed by atoms with E-state index < -0.39 is 10.0 Å². The average molecular weight is 366 g/mol. The van der Waals surface area contributed by atoms with Crippen molar-refractivity contribution in [2.45, 2.75) is 25.7 Å². The van der Waals surface area contributed by atoms with E-state index in [2.05, 4.69) is 9.82 Å². The lowest BCUT2D eigenvalue weighted by Crippen LogP contribution is -2.15. The van der Waals surface area contributed by atoms with Gasteiger partial charge in [-0.25, -0.2) is 13.1 Å². The van der Waals surface area contributed by atoms with Crippen molar-refractivity contribution >= 4 is 15.7 Å². The van der Waals surface area contributed by atoms with Crippen LogP contribution in [0.2, 0.25) is 0 Å². The smallest absolute Gasteiger partial charge is 0.265 e. The first-order chi connectivity index (χ1) is 12.3. The van der Waals surface area contributed by atoms with Crippen molar-refractivity contribution in [3.05, 3.63) is 71.0 Å². The molecule has 0 aliphatic carbocycles. The van der Waals surface area contributed by atoms with Crippen molar-refractivity contribution in [3.63, 3.8) is 0 Å². The van der Waals surface area contributed by atoms with Crippen LogP contribution < -0.4 is 4.72 Å². The molecule has 0 bridgehead atoms. The lowest BCUT2D eigenvalue weighted by Gasteiger charge is -2.09. The number of aromatic nitrogens is 2. The number of aryl methyl sites for hydroxylation is 2. The summed E-state index contributed by atoms with van der Waals surface area (Å²) in [6.45, 7) is 5.37. The molecule has 1 aromatic heterocycles. The topological polar surface area (TPSA) is 87.8 Å². The summed E-state index contributed by atoms with van der Waals surface area (Å²) in [5.74, 6) is 0. The van der Waals surface area contributed by atoms with Crippen LogP contribution in [0.1, 0.15) is 22.5 Å². The minimum absolute atomic E-state index is 0.139. The molecule has 0 unspecified atom stereocenters. The number of hydrogen-bond donors (Lipinski definition) is 1. The van der Waals surface area contributed by atoms with E-state index in [-0.39, 0.29) is 4.90 Å². The molecule has 1 N–H and O–H groups in total. The van der Waals surface area contributed by atoms with E-state index in [9.17, 15) is 8.42 Å². The van der Waals surface area contributed by atoms with Crippen molar-refractivity contribution < 1.29 is 8.42 Å². The molecular formula is C19H18N4O2S. The SMILES string of the molecule is Cc1ccc(-n2nc(C)c(S(=O)(=O)Nc3cccc(C#N)c3)c2C)cc1. The standard InChI is InChI=1S/C19H18N4O2S/c1-13-7-9-18(10-8-13)23-15(3)19(14(2)21-23)26(24,25)22-17-6-4-5-16(11-17)12-20/h4-11,22H,1-3H3. The fraction of sp³-hybridized carbons (Fsp3) is 0.158. The normalized spacial score (nSPS) is 11.2. The highest BCUT2D eigenvalue weighted by molar-refractivity contribution is 7.92. The third-order valence-electron chi connectivity index (χ3n) is 4.02. The zero-order chi connectivity index (χ0) is 18.9. The number of nitriles is 1. The Balaban J connectivity index is 2.03. The Labute approximate surface area is 152 Å². The number of hydrogen-bond acceptors (Lipinski definition) is 4. The number of anilines is 1. The molecule has 0 amide bonds. The highest BCUT2D eigenvalue weighted by Gasteiger charge is 2.25. The lowest BCUT2D eigenvalue weighted by molar-refractivity contribution is 0.600. The van der Waals surface area contributed by atoms with Gasteiger partial charge in [0, 0.05) is 0 Å². The number of nitrogens with one attached hydrogen (secondary N) is 1. The zero-order valence-electron chi connectivity index (χ0n) is 14.7. The molecule has 0 aliphatic heterocycles. The average Bonchev–Trinajstić information content (AvgIpc) is 2.90. The van der Waals surface area contributed by atoms with Gasteiger partial charge in [-0.2, -0.15) is 10.4 Å². The lowest BCUT2D eigenvalue weighted by atomic mass is 10.2. The van der Waals surface area contributed by atoms with Crippen molar-refractivity contribution in [1.29, 1.82) is 5.26 Å². The summed E-state index contributed by atoms with van der Waals surface area (Å²) in [6, 6.07) is 16.0. The van der Waals surface area contributed by atoms with E-state index in [4.69, 9.17) is 5.26 Å². The van der Waals surface area contributed by atoms with E-state index in [1.54, 1.807) is 36.7 Å². The highest BCUT2D eigenvalue weighted by Crippen LogP contribution is 2.25. The third-order valence-corrected chi connectivity index (χ3v) is 5.65. The molecule has 1 heterocycles. The number of benzene rings is 2. The third kappa shape index (κ3) is 3.32. The van der Waals surface area contributed by atoms with Gasteiger partial charge in [-0.3, -0.25) is 4.72 Å². The van der Waals surface area contributed by atoms with Gasteiger partial charge in [-0.05, 0) is 51.1 Å². The predicted octanol–water partition coefficient (Wildman–Crippen LogP) is 3.47. The van der Waals surface area contributed by atoms with Gasteiger partial charge >= 0.3 is 0 Å². The summed E-state index contributed by atoms with van der Waals surface area (Å²) in [5.41, 5.74) is 3.56. The minimum atomic E-state index is -3.84. The van der Waals surface area contributed by atoms with Crippen LogP contribution in [0.4, 0.5) is 5.69 Å². The maximum Gasteiger partial charge on any atom is 0.265 e. The van der Waals surface area contributed by atoms with E-state index in [0.717, 1.165) is 11.3 Å². The Bertz CT molecular complexity index is 1110. The van der Waals surface area contributed by atoms with Crippen LogP contribution in [0.3, 0.4) is 0 Å². The Morgan fingerprint density at radius 2 is 1.77 bits per heavy atom. The van der Waals surface area contributed by atoms with E-state index >= 15 is 0 Å². The van der Waals surface area contributed by atoms with Crippen LogP contribution in [-0.2, 0) is 10.0 Å². The van der Waals surface area contributed by atoms with E-state index in [0.29, 0.717) is 22.6 Å². The number of nitrogens with zero attached hydrogens (tertiary/aromatic N) is 3. The molecule has 132 valence electrons. The number of sulfonamides is 1.